The number of rotatable bonds is 6. The molecule has 0 saturated heterocycles. The van der Waals surface area contributed by atoms with Gasteiger partial charge >= 0.3 is 12.2 Å². The molecule has 2 amide bonds. The Morgan fingerprint density at radius 1 is 1.27 bits per heavy atom. The van der Waals surface area contributed by atoms with Crippen molar-refractivity contribution in [2.75, 3.05) is 23.9 Å². The van der Waals surface area contributed by atoms with Crippen molar-refractivity contribution in [1.29, 1.82) is 0 Å². The number of benzene rings is 1. The van der Waals surface area contributed by atoms with E-state index >= 15 is 0 Å². The van der Waals surface area contributed by atoms with E-state index in [4.69, 9.17) is 0 Å². The average Bonchev–Trinajstić information content (AvgIpc) is 2.43. The van der Waals surface area contributed by atoms with Crippen molar-refractivity contribution in [1.82, 2.24) is 5.32 Å². The van der Waals surface area contributed by atoms with E-state index in [1.165, 1.54) is 12.1 Å². The second-order valence-corrected chi connectivity index (χ2v) is 6.11. The summed E-state index contributed by atoms with van der Waals surface area (Å²) in [5, 5.41) is 14.9. The summed E-state index contributed by atoms with van der Waals surface area (Å²) < 4.78 is 37.2. The lowest BCUT2D eigenvalue weighted by molar-refractivity contribution is -0.137. The first-order chi connectivity index (χ1) is 10.1. The maximum absolute atomic E-state index is 12.4. The summed E-state index contributed by atoms with van der Waals surface area (Å²) in [5.41, 5.74) is -1.56. The smallest absolute Gasteiger partial charge is 0.388 e. The molecular weight excluding hydrogens is 317 g/mol. The van der Waals surface area contributed by atoms with E-state index in [1.807, 2.05) is 6.26 Å². The molecule has 22 heavy (non-hydrogen) atoms. The van der Waals surface area contributed by atoms with E-state index in [0.29, 0.717) is 6.42 Å². The minimum atomic E-state index is -4.41. The highest BCUT2D eigenvalue weighted by atomic mass is 32.2. The van der Waals surface area contributed by atoms with Crippen LogP contribution in [0, 0.1) is 0 Å². The molecule has 0 aromatic heterocycles. The van der Waals surface area contributed by atoms with Crippen molar-refractivity contribution in [2.45, 2.75) is 25.1 Å². The molecule has 0 aliphatic rings. The molecule has 4 nitrogen and oxygen atoms in total. The van der Waals surface area contributed by atoms with E-state index in [2.05, 4.69) is 10.6 Å². The van der Waals surface area contributed by atoms with E-state index in [-0.39, 0.29) is 12.2 Å². The molecule has 1 aromatic carbocycles. The lowest BCUT2D eigenvalue weighted by atomic mass is 10.0. The lowest BCUT2D eigenvalue weighted by Gasteiger charge is -2.23. The van der Waals surface area contributed by atoms with Crippen LogP contribution in [0.2, 0.25) is 0 Å². The summed E-state index contributed by atoms with van der Waals surface area (Å²) in [6, 6.07) is 3.56. The molecule has 0 heterocycles. The van der Waals surface area contributed by atoms with Gasteiger partial charge in [0.05, 0.1) is 11.2 Å². The fourth-order valence-corrected chi connectivity index (χ4v) is 2.24. The van der Waals surface area contributed by atoms with Crippen LogP contribution >= 0.6 is 11.8 Å². The van der Waals surface area contributed by atoms with Gasteiger partial charge in [-0.3, -0.25) is 0 Å². The number of hydrogen-bond donors (Lipinski definition) is 3. The normalized spacial score (nSPS) is 14.3. The number of carbonyl (C=O) groups is 1. The maximum atomic E-state index is 12.4. The predicted molar refractivity (Wildman–Crippen MR) is 82.1 cm³/mol. The number of thioether (sulfide) groups is 1. The van der Waals surface area contributed by atoms with Crippen LogP contribution in [-0.2, 0) is 6.18 Å². The number of aliphatic hydroxyl groups is 1. The number of halogens is 3. The summed E-state index contributed by atoms with van der Waals surface area (Å²) >= 11 is 1.59. The molecule has 1 atom stereocenters. The number of carbonyl (C=O) groups excluding carboxylic acids is 1. The molecule has 124 valence electrons. The van der Waals surface area contributed by atoms with Crippen LogP contribution in [0.25, 0.3) is 0 Å². The molecule has 0 radical (unpaired) electrons. The summed E-state index contributed by atoms with van der Waals surface area (Å²) in [4.78, 5) is 11.7. The minimum Gasteiger partial charge on any atom is -0.388 e. The van der Waals surface area contributed by atoms with Crippen LogP contribution in [0.1, 0.15) is 18.9 Å². The zero-order valence-corrected chi connectivity index (χ0v) is 13.1. The third kappa shape index (κ3) is 6.57. The van der Waals surface area contributed by atoms with Crippen molar-refractivity contribution in [3.05, 3.63) is 29.8 Å². The number of nitrogens with one attached hydrogen (secondary N) is 2. The SMILES string of the molecule is CSCC[C@@](C)(O)CNC(=O)Nc1ccc(C(F)(F)F)cc1. The molecule has 8 heteroatoms. The van der Waals surface area contributed by atoms with Crippen molar-refractivity contribution in [3.63, 3.8) is 0 Å². The first kappa shape index (κ1) is 18.6. The van der Waals surface area contributed by atoms with E-state index in [9.17, 15) is 23.1 Å². The van der Waals surface area contributed by atoms with Crippen molar-refractivity contribution < 1.29 is 23.1 Å². The van der Waals surface area contributed by atoms with Crippen LogP contribution in [0.4, 0.5) is 23.7 Å². The Bertz CT molecular complexity index is 490. The monoisotopic (exact) mass is 336 g/mol. The Hall–Kier alpha value is -1.41. The fraction of sp³-hybridized carbons (Fsp3) is 0.500. The summed E-state index contributed by atoms with van der Waals surface area (Å²) in [6.07, 6.45) is -1.97. The predicted octanol–water partition coefficient (Wildman–Crippen LogP) is 3.33. The highest BCUT2D eigenvalue weighted by Gasteiger charge is 2.30. The molecule has 0 spiro atoms. The second-order valence-electron chi connectivity index (χ2n) is 5.12. The molecule has 0 aliphatic carbocycles. The van der Waals surface area contributed by atoms with Gasteiger partial charge in [-0.05, 0) is 49.6 Å². The number of alkyl halides is 3. The quantitative estimate of drug-likeness (QED) is 0.747. The molecule has 0 fully saturated rings. The third-order valence-corrected chi connectivity index (χ3v) is 3.56. The van der Waals surface area contributed by atoms with Crippen LogP contribution in [-0.4, -0.2) is 35.3 Å². The van der Waals surface area contributed by atoms with Crippen molar-refractivity contribution in [2.24, 2.45) is 0 Å². The Labute approximate surface area is 131 Å². The Morgan fingerprint density at radius 3 is 2.36 bits per heavy atom. The number of urea groups is 1. The van der Waals surface area contributed by atoms with Gasteiger partial charge in [0.15, 0.2) is 0 Å². The minimum absolute atomic E-state index is 0.0556. The van der Waals surface area contributed by atoms with Gasteiger partial charge in [-0.25, -0.2) is 4.79 Å². The first-order valence-electron chi connectivity index (χ1n) is 6.57. The van der Waals surface area contributed by atoms with Gasteiger partial charge in [0.25, 0.3) is 0 Å². The lowest BCUT2D eigenvalue weighted by Crippen LogP contribution is -2.42. The van der Waals surface area contributed by atoms with Gasteiger partial charge in [-0.15, -0.1) is 0 Å². The third-order valence-electron chi connectivity index (χ3n) is 2.94. The molecule has 0 unspecified atom stereocenters. The van der Waals surface area contributed by atoms with Gasteiger partial charge in [-0.1, -0.05) is 0 Å². The Balaban J connectivity index is 2.48. The first-order valence-corrected chi connectivity index (χ1v) is 7.97. The largest absolute Gasteiger partial charge is 0.416 e. The molecule has 3 N–H and O–H groups in total. The Kier molecular flexibility index (Phi) is 6.55. The van der Waals surface area contributed by atoms with Crippen LogP contribution in [0.15, 0.2) is 24.3 Å². The summed E-state index contributed by atoms with van der Waals surface area (Å²) in [5.74, 6) is 0.759. The number of amides is 2. The van der Waals surface area contributed by atoms with Gasteiger partial charge in [0.2, 0.25) is 0 Å². The molecular formula is C14H19F3N2O2S. The summed E-state index contributed by atoms with van der Waals surface area (Å²) in [7, 11) is 0. The Morgan fingerprint density at radius 2 is 1.86 bits per heavy atom. The second kappa shape index (κ2) is 7.73. The van der Waals surface area contributed by atoms with E-state index in [0.717, 1.165) is 17.9 Å². The van der Waals surface area contributed by atoms with Crippen LogP contribution in [0.3, 0.4) is 0 Å². The highest BCUT2D eigenvalue weighted by molar-refractivity contribution is 7.98. The van der Waals surface area contributed by atoms with Gasteiger partial charge in [-0.2, -0.15) is 24.9 Å². The zero-order valence-electron chi connectivity index (χ0n) is 12.3. The molecule has 0 saturated carbocycles. The van der Waals surface area contributed by atoms with Crippen LogP contribution < -0.4 is 10.6 Å². The molecule has 1 aromatic rings. The fourth-order valence-electron chi connectivity index (χ4n) is 1.60. The van der Waals surface area contributed by atoms with Crippen molar-refractivity contribution in [3.8, 4) is 0 Å². The van der Waals surface area contributed by atoms with Gasteiger partial charge in [0, 0.05) is 12.2 Å². The van der Waals surface area contributed by atoms with Gasteiger partial charge in [0.1, 0.15) is 0 Å². The van der Waals surface area contributed by atoms with E-state index < -0.39 is 23.4 Å². The van der Waals surface area contributed by atoms with Crippen molar-refractivity contribution >= 4 is 23.5 Å². The zero-order chi connectivity index (χ0) is 16.8. The standard InChI is InChI=1S/C14H19F3N2O2S/c1-13(21,7-8-22-2)9-18-12(20)19-11-5-3-10(4-6-11)14(15,16)17/h3-6,21H,7-9H2,1-2H3,(H2,18,19,20)/t13-/m1/s1. The van der Waals surface area contributed by atoms with E-state index in [1.54, 1.807) is 18.7 Å². The average molecular weight is 336 g/mol. The van der Waals surface area contributed by atoms with Gasteiger partial charge < -0.3 is 15.7 Å². The van der Waals surface area contributed by atoms with Crippen LogP contribution in [0.5, 0.6) is 0 Å². The summed E-state index contributed by atoms with van der Waals surface area (Å²) in [6.45, 7) is 1.67. The molecule has 0 aliphatic heterocycles. The highest BCUT2D eigenvalue weighted by Crippen LogP contribution is 2.29. The topological polar surface area (TPSA) is 61.4 Å². The number of anilines is 1. The molecule has 0 bridgehead atoms. The number of hydrogen-bond acceptors (Lipinski definition) is 3. The molecule has 1 rings (SSSR count). The maximum Gasteiger partial charge on any atom is 0.416 e.